The number of anilines is 1. The van der Waals surface area contributed by atoms with E-state index in [1.165, 1.54) is 0 Å². The van der Waals surface area contributed by atoms with E-state index in [1.54, 1.807) is 24.5 Å². The molecule has 3 heterocycles. The van der Waals surface area contributed by atoms with E-state index >= 15 is 0 Å². The van der Waals surface area contributed by atoms with Crippen molar-refractivity contribution < 1.29 is 14.6 Å². The number of fused-ring (bicyclic) bond motifs is 2. The molecule has 0 amide bonds. The van der Waals surface area contributed by atoms with E-state index in [2.05, 4.69) is 15.3 Å². The Labute approximate surface area is 171 Å². The Morgan fingerprint density at radius 3 is 2.69 bits per heavy atom. The van der Waals surface area contributed by atoms with E-state index in [-0.39, 0.29) is 12.5 Å². The predicted molar refractivity (Wildman–Crippen MR) is 111 cm³/mol. The second-order valence-electron chi connectivity index (χ2n) is 6.60. The topological polar surface area (TPSA) is 76.5 Å². The first-order chi connectivity index (χ1) is 14.2. The van der Waals surface area contributed by atoms with Gasteiger partial charge in [0.2, 0.25) is 6.79 Å². The fourth-order valence-corrected chi connectivity index (χ4v) is 3.73. The molecule has 0 saturated carbocycles. The Balaban J connectivity index is 1.68. The van der Waals surface area contributed by atoms with Gasteiger partial charge >= 0.3 is 0 Å². The molecule has 7 heteroatoms. The molecule has 0 saturated heterocycles. The lowest BCUT2D eigenvalue weighted by Crippen LogP contribution is -2.14. The zero-order valence-corrected chi connectivity index (χ0v) is 15.9. The SMILES string of the molecule is Oc1c(C(Nc2ccccn2)c2ccc3c(c2)OCO3)cc(Cl)c2cccnc12. The maximum Gasteiger partial charge on any atom is 0.231 e. The number of aromatic hydroxyl groups is 1. The number of pyridine rings is 2. The van der Waals surface area contributed by atoms with E-state index in [0.717, 1.165) is 5.56 Å². The van der Waals surface area contributed by atoms with Gasteiger partial charge in [-0.3, -0.25) is 4.98 Å². The predicted octanol–water partition coefficient (Wildman–Crippen LogP) is 4.92. The van der Waals surface area contributed by atoms with Crippen molar-refractivity contribution in [2.45, 2.75) is 6.04 Å². The van der Waals surface area contributed by atoms with Crippen LogP contribution in [-0.2, 0) is 0 Å². The molecule has 0 radical (unpaired) electrons. The molecule has 1 aliphatic heterocycles. The first kappa shape index (κ1) is 17.6. The van der Waals surface area contributed by atoms with Crippen LogP contribution in [-0.4, -0.2) is 21.9 Å². The lowest BCUT2D eigenvalue weighted by Gasteiger charge is -2.22. The van der Waals surface area contributed by atoms with Gasteiger partial charge in [-0.1, -0.05) is 23.7 Å². The van der Waals surface area contributed by atoms with E-state index in [4.69, 9.17) is 21.1 Å². The Kier molecular flexibility index (Phi) is 4.33. The Morgan fingerprint density at radius 2 is 1.83 bits per heavy atom. The average Bonchev–Trinajstić information content (AvgIpc) is 3.23. The summed E-state index contributed by atoms with van der Waals surface area (Å²) in [5.74, 6) is 2.07. The number of hydrogen-bond donors (Lipinski definition) is 2. The summed E-state index contributed by atoms with van der Waals surface area (Å²) >= 11 is 6.52. The molecule has 0 aliphatic carbocycles. The van der Waals surface area contributed by atoms with Gasteiger partial charge in [-0.05, 0) is 48.0 Å². The number of hydrogen-bond acceptors (Lipinski definition) is 6. The van der Waals surface area contributed by atoms with Crippen LogP contribution in [0, 0.1) is 0 Å². The molecule has 4 aromatic rings. The van der Waals surface area contributed by atoms with E-state index in [0.29, 0.717) is 38.8 Å². The molecule has 5 rings (SSSR count). The fourth-order valence-electron chi connectivity index (χ4n) is 3.46. The third-order valence-corrected chi connectivity index (χ3v) is 5.16. The van der Waals surface area contributed by atoms with Crippen LogP contribution in [0.25, 0.3) is 10.9 Å². The molecular formula is C22H16ClN3O3. The number of phenols is 1. The number of rotatable bonds is 4. The third-order valence-electron chi connectivity index (χ3n) is 4.84. The maximum absolute atomic E-state index is 11.0. The van der Waals surface area contributed by atoms with Crippen LogP contribution in [0.1, 0.15) is 17.2 Å². The number of nitrogens with zero attached hydrogens (tertiary/aromatic N) is 2. The fraction of sp³-hybridized carbons (Fsp3) is 0.0909. The molecule has 1 unspecified atom stereocenters. The first-order valence-corrected chi connectivity index (χ1v) is 9.42. The van der Waals surface area contributed by atoms with E-state index in [1.807, 2.05) is 42.5 Å². The highest BCUT2D eigenvalue weighted by molar-refractivity contribution is 6.35. The number of phenolic OH excluding ortho intramolecular Hbond substituents is 1. The van der Waals surface area contributed by atoms with Crippen LogP contribution in [0.3, 0.4) is 0 Å². The van der Waals surface area contributed by atoms with Gasteiger partial charge < -0.3 is 19.9 Å². The summed E-state index contributed by atoms with van der Waals surface area (Å²) in [4.78, 5) is 8.68. The standard InChI is InChI=1S/C22H16ClN3O3/c23-16-11-15(22(27)21-14(16)4-3-9-25-21)20(26-19-5-1-2-8-24-19)13-6-7-17-18(10-13)29-12-28-17/h1-11,20,27H,12H2,(H,24,26). The normalized spacial score (nSPS) is 13.4. The summed E-state index contributed by atoms with van der Waals surface area (Å²) in [7, 11) is 0. The molecule has 1 atom stereocenters. The van der Waals surface area contributed by atoms with Gasteiger partial charge in [0.25, 0.3) is 0 Å². The van der Waals surface area contributed by atoms with Crippen molar-refractivity contribution >= 4 is 28.3 Å². The van der Waals surface area contributed by atoms with Crippen LogP contribution in [0.15, 0.2) is 67.0 Å². The molecule has 1 aliphatic rings. The van der Waals surface area contributed by atoms with Gasteiger partial charge in [0, 0.05) is 23.3 Å². The van der Waals surface area contributed by atoms with Gasteiger partial charge in [-0.2, -0.15) is 0 Å². The quantitative estimate of drug-likeness (QED) is 0.502. The second-order valence-corrected chi connectivity index (χ2v) is 7.01. The highest BCUT2D eigenvalue weighted by atomic mass is 35.5. The molecule has 29 heavy (non-hydrogen) atoms. The Morgan fingerprint density at radius 1 is 0.966 bits per heavy atom. The van der Waals surface area contributed by atoms with Gasteiger partial charge in [0.05, 0.1) is 11.1 Å². The van der Waals surface area contributed by atoms with Crippen LogP contribution in [0.4, 0.5) is 5.82 Å². The van der Waals surface area contributed by atoms with Crippen molar-refractivity contribution in [1.29, 1.82) is 0 Å². The van der Waals surface area contributed by atoms with Gasteiger partial charge in [0.15, 0.2) is 11.5 Å². The number of halogens is 1. The van der Waals surface area contributed by atoms with Crippen LogP contribution in [0.2, 0.25) is 5.02 Å². The third kappa shape index (κ3) is 3.17. The number of benzene rings is 2. The van der Waals surface area contributed by atoms with Crippen molar-refractivity contribution in [3.63, 3.8) is 0 Å². The van der Waals surface area contributed by atoms with Crippen molar-refractivity contribution in [3.8, 4) is 17.2 Å². The molecular weight excluding hydrogens is 390 g/mol. The minimum Gasteiger partial charge on any atom is -0.505 e. The van der Waals surface area contributed by atoms with E-state index < -0.39 is 6.04 Å². The summed E-state index contributed by atoms with van der Waals surface area (Å²) in [6.45, 7) is 0.189. The summed E-state index contributed by atoms with van der Waals surface area (Å²) in [5, 5.41) is 15.6. The highest BCUT2D eigenvalue weighted by Gasteiger charge is 2.24. The van der Waals surface area contributed by atoms with Crippen LogP contribution < -0.4 is 14.8 Å². The number of aromatic nitrogens is 2. The molecule has 0 bridgehead atoms. The molecule has 0 spiro atoms. The first-order valence-electron chi connectivity index (χ1n) is 9.04. The minimum absolute atomic E-state index is 0.0658. The van der Waals surface area contributed by atoms with Gasteiger partial charge in [-0.15, -0.1) is 0 Å². The molecule has 2 aromatic carbocycles. The lowest BCUT2D eigenvalue weighted by atomic mass is 9.95. The van der Waals surface area contributed by atoms with Gasteiger partial charge in [0.1, 0.15) is 17.1 Å². The van der Waals surface area contributed by atoms with Crippen molar-refractivity contribution in [2.24, 2.45) is 0 Å². The van der Waals surface area contributed by atoms with Crippen LogP contribution >= 0.6 is 11.6 Å². The molecule has 2 N–H and O–H groups in total. The molecule has 0 fully saturated rings. The number of nitrogens with one attached hydrogen (secondary N) is 1. The highest BCUT2D eigenvalue weighted by Crippen LogP contribution is 2.42. The van der Waals surface area contributed by atoms with Crippen molar-refractivity contribution in [1.82, 2.24) is 9.97 Å². The summed E-state index contributed by atoms with van der Waals surface area (Å²) in [6.07, 6.45) is 3.33. The smallest absolute Gasteiger partial charge is 0.231 e. The summed E-state index contributed by atoms with van der Waals surface area (Å²) in [5.41, 5.74) is 1.90. The summed E-state index contributed by atoms with van der Waals surface area (Å²) < 4.78 is 11.0. The lowest BCUT2D eigenvalue weighted by molar-refractivity contribution is 0.174. The summed E-state index contributed by atoms with van der Waals surface area (Å²) in [6, 6.07) is 16.2. The maximum atomic E-state index is 11.0. The largest absolute Gasteiger partial charge is 0.505 e. The van der Waals surface area contributed by atoms with Crippen molar-refractivity contribution in [2.75, 3.05) is 12.1 Å². The number of ether oxygens (including phenoxy) is 2. The molecule has 144 valence electrons. The van der Waals surface area contributed by atoms with E-state index in [9.17, 15) is 5.11 Å². The monoisotopic (exact) mass is 405 g/mol. The molecule has 2 aromatic heterocycles. The van der Waals surface area contributed by atoms with Crippen molar-refractivity contribution in [3.05, 3.63) is 83.1 Å². The van der Waals surface area contributed by atoms with Crippen LogP contribution in [0.5, 0.6) is 17.2 Å². The Bertz CT molecular complexity index is 1200. The second kappa shape index (κ2) is 7.14. The Hall–Kier alpha value is -3.51. The van der Waals surface area contributed by atoms with Gasteiger partial charge in [-0.25, -0.2) is 4.98 Å². The zero-order chi connectivity index (χ0) is 19.8. The zero-order valence-electron chi connectivity index (χ0n) is 15.2. The molecule has 6 nitrogen and oxygen atoms in total. The minimum atomic E-state index is -0.441. The average molecular weight is 406 g/mol.